The molecule has 3 aliphatic carbocycles. The van der Waals surface area contributed by atoms with E-state index in [1.165, 1.54) is 54.0 Å². The molecule has 0 aromatic heterocycles. The summed E-state index contributed by atoms with van der Waals surface area (Å²) in [6.45, 7) is 0. The highest BCUT2D eigenvalue weighted by atomic mass is 32.2. The molecule has 0 spiro atoms. The van der Waals surface area contributed by atoms with Crippen LogP contribution in [-0.4, -0.2) is 0 Å². The third-order valence-corrected chi connectivity index (χ3v) is 8.75. The molecule has 0 bridgehead atoms. The van der Waals surface area contributed by atoms with Crippen molar-refractivity contribution >= 4 is 61.4 Å². The van der Waals surface area contributed by atoms with Gasteiger partial charge in [0.05, 0.1) is 4.24 Å². The molecule has 4 aromatic rings. The molecular formula is C24H12S2. The van der Waals surface area contributed by atoms with Crippen LogP contribution in [0.5, 0.6) is 0 Å². The fourth-order valence-corrected chi connectivity index (χ4v) is 7.67. The van der Waals surface area contributed by atoms with E-state index in [1.807, 2.05) is 23.5 Å². The molecule has 4 aromatic carbocycles. The maximum atomic E-state index is 2.40. The molecule has 0 nitrogen and oxygen atoms in total. The maximum absolute atomic E-state index is 2.40. The second-order valence-corrected chi connectivity index (χ2v) is 9.79. The highest BCUT2D eigenvalue weighted by Crippen LogP contribution is 2.58. The van der Waals surface area contributed by atoms with Crippen molar-refractivity contribution in [2.45, 2.75) is 12.8 Å². The van der Waals surface area contributed by atoms with Gasteiger partial charge in [-0.15, -0.1) is 0 Å². The summed E-state index contributed by atoms with van der Waals surface area (Å²) in [6.07, 6.45) is 2.20. The van der Waals surface area contributed by atoms with Gasteiger partial charge in [-0.3, -0.25) is 0 Å². The largest absolute Gasteiger partial charge is 0.0895 e. The van der Waals surface area contributed by atoms with E-state index in [1.54, 1.807) is 21.5 Å². The van der Waals surface area contributed by atoms with Crippen molar-refractivity contribution in [3.63, 3.8) is 0 Å². The van der Waals surface area contributed by atoms with Gasteiger partial charge in [0.2, 0.25) is 0 Å². The highest BCUT2D eigenvalue weighted by Gasteiger charge is 2.34. The lowest BCUT2D eigenvalue weighted by Gasteiger charge is -2.08. The van der Waals surface area contributed by atoms with Crippen LogP contribution in [0.3, 0.4) is 0 Å². The van der Waals surface area contributed by atoms with E-state index in [9.17, 15) is 0 Å². The molecule has 0 fully saturated rings. The summed E-state index contributed by atoms with van der Waals surface area (Å²) in [5.41, 5.74) is 10.5. The zero-order valence-corrected chi connectivity index (χ0v) is 15.5. The first-order chi connectivity index (χ1) is 12.9. The van der Waals surface area contributed by atoms with E-state index in [0.29, 0.717) is 0 Å². The predicted molar refractivity (Wildman–Crippen MR) is 115 cm³/mol. The van der Waals surface area contributed by atoms with Crippen molar-refractivity contribution in [3.05, 3.63) is 84.8 Å². The molecule has 26 heavy (non-hydrogen) atoms. The van der Waals surface area contributed by atoms with Crippen molar-refractivity contribution < 1.29 is 0 Å². The normalized spacial score (nSPS) is 17.8. The average Bonchev–Trinajstić information content (AvgIpc) is 3.41. The van der Waals surface area contributed by atoms with Gasteiger partial charge in [0.25, 0.3) is 0 Å². The Labute approximate surface area is 159 Å². The number of hydrogen-bond donors (Lipinski definition) is 0. The van der Waals surface area contributed by atoms with Crippen molar-refractivity contribution in [2.24, 2.45) is 0 Å². The molecule has 0 saturated carbocycles. The van der Waals surface area contributed by atoms with Gasteiger partial charge in [-0.25, -0.2) is 0 Å². The lowest BCUT2D eigenvalue weighted by atomic mass is 9.95. The highest BCUT2D eigenvalue weighted by molar-refractivity contribution is 8.27. The Hall–Kier alpha value is -2.16. The van der Waals surface area contributed by atoms with E-state index < -0.39 is 0 Å². The van der Waals surface area contributed by atoms with Gasteiger partial charge in [-0.2, -0.15) is 0 Å². The summed E-state index contributed by atoms with van der Waals surface area (Å²) in [5.74, 6) is 0. The quantitative estimate of drug-likeness (QED) is 0.267. The molecule has 0 N–H and O–H groups in total. The predicted octanol–water partition coefficient (Wildman–Crippen LogP) is 6.94. The molecule has 120 valence electrons. The second-order valence-electron chi connectivity index (χ2n) is 7.70. The van der Waals surface area contributed by atoms with E-state index in [0.717, 1.165) is 12.8 Å². The van der Waals surface area contributed by atoms with Crippen LogP contribution in [0, 0.1) is 0 Å². The van der Waals surface area contributed by atoms with Gasteiger partial charge >= 0.3 is 0 Å². The van der Waals surface area contributed by atoms with Gasteiger partial charge in [0.1, 0.15) is 0 Å². The monoisotopic (exact) mass is 364 g/mol. The van der Waals surface area contributed by atoms with E-state index in [-0.39, 0.29) is 0 Å². The summed E-state index contributed by atoms with van der Waals surface area (Å²) in [5, 5.41) is 13.7. The second kappa shape index (κ2) is 4.05. The topological polar surface area (TPSA) is 0 Å². The minimum absolute atomic E-state index is 1.10. The van der Waals surface area contributed by atoms with Gasteiger partial charge in [0, 0.05) is 5.57 Å². The maximum Gasteiger partial charge on any atom is 0.0571 e. The van der Waals surface area contributed by atoms with Crippen LogP contribution in [0.2, 0.25) is 0 Å². The van der Waals surface area contributed by atoms with Crippen molar-refractivity contribution in [2.75, 3.05) is 0 Å². The first-order valence-electron chi connectivity index (χ1n) is 9.11. The first kappa shape index (κ1) is 13.1. The Bertz CT molecular complexity index is 1360. The van der Waals surface area contributed by atoms with Crippen LogP contribution >= 0.6 is 23.5 Å². The molecule has 0 radical (unpaired) electrons. The van der Waals surface area contributed by atoms with Gasteiger partial charge < -0.3 is 0 Å². The van der Waals surface area contributed by atoms with Gasteiger partial charge in [-0.05, 0) is 89.4 Å². The minimum Gasteiger partial charge on any atom is -0.0895 e. The van der Waals surface area contributed by atoms with Gasteiger partial charge in [-0.1, -0.05) is 59.9 Å². The molecular weight excluding hydrogens is 352 g/mol. The van der Waals surface area contributed by atoms with Crippen LogP contribution in [-0.2, 0) is 12.8 Å². The van der Waals surface area contributed by atoms with Crippen molar-refractivity contribution in [3.8, 4) is 0 Å². The summed E-state index contributed by atoms with van der Waals surface area (Å²) in [7, 11) is 0. The van der Waals surface area contributed by atoms with Crippen molar-refractivity contribution in [1.82, 2.24) is 0 Å². The molecule has 1 aliphatic heterocycles. The Kier molecular flexibility index (Phi) is 2.04. The molecule has 0 saturated heterocycles. The van der Waals surface area contributed by atoms with Crippen molar-refractivity contribution in [1.29, 1.82) is 0 Å². The third-order valence-electron chi connectivity index (χ3n) is 6.62. The SMILES string of the molecule is C1=CSC(=C2c3ccc4c5c6c(ccc7c6c6c(ccc2c6c35)C7)C4)S1. The fraction of sp³-hybridized carbons (Fsp3) is 0.0833. The van der Waals surface area contributed by atoms with Crippen LogP contribution in [0.1, 0.15) is 33.4 Å². The minimum atomic E-state index is 1.10. The molecule has 4 aliphatic rings. The molecule has 0 atom stereocenters. The Morgan fingerprint density at radius 2 is 0.923 bits per heavy atom. The summed E-state index contributed by atoms with van der Waals surface area (Å²) < 4.78 is 1.44. The van der Waals surface area contributed by atoms with E-state index >= 15 is 0 Å². The zero-order valence-electron chi connectivity index (χ0n) is 13.8. The fourth-order valence-electron chi connectivity index (χ4n) is 5.75. The summed E-state index contributed by atoms with van der Waals surface area (Å²) >= 11 is 3.76. The molecule has 0 amide bonds. The number of hydrogen-bond acceptors (Lipinski definition) is 2. The van der Waals surface area contributed by atoms with Crippen LogP contribution in [0.4, 0.5) is 0 Å². The van der Waals surface area contributed by atoms with E-state index in [4.69, 9.17) is 0 Å². The standard InChI is InChI=1S/C24H12S2/c1-2-12-10-14-4-6-16-21(24-25-7-8-26-24)15-5-3-13-9-11(1)17-18(12)20(14)23(16)22(15)19(13)17/h1-8H,9-10H2. The molecule has 1 heterocycles. The van der Waals surface area contributed by atoms with Crippen LogP contribution < -0.4 is 0 Å². The molecule has 2 heteroatoms. The molecule has 8 rings (SSSR count). The first-order valence-corrected chi connectivity index (χ1v) is 10.9. The van der Waals surface area contributed by atoms with E-state index in [2.05, 4.69) is 47.2 Å². The van der Waals surface area contributed by atoms with Crippen LogP contribution in [0.15, 0.2) is 51.5 Å². The summed E-state index contributed by atoms with van der Waals surface area (Å²) in [4.78, 5) is 0. The Morgan fingerprint density at radius 1 is 0.500 bits per heavy atom. The third kappa shape index (κ3) is 1.23. The molecule has 0 unspecified atom stereocenters. The van der Waals surface area contributed by atoms with Gasteiger partial charge in [0.15, 0.2) is 0 Å². The number of thioether (sulfide) groups is 2. The smallest absolute Gasteiger partial charge is 0.0571 e. The lowest BCUT2D eigenvalue weighted by Crippen LogP contribution is -1.86. The Balaban J connectivity index is 1.76. The average molecular weight is 364 g/mol. The number of benzene rings is 4. The lowest BCUT2D eigenvalue weighted by molar-refractivity contribution is 1.24. The zero-order chi connectivity index (χ0) is 16.6. The summed E-state index contributed by atoms with van der Waals surface area (Å²) in [6, 6.07) is 14.4. The Morgan fingerprint density at radius 3 is 1.42 bits per heavy atom. The van der Waals surface area contributed by atoms with Crippen LogP contribution in [0.25, 0.3) is 37.9 Å². The number of rotatable bonds is 0.